The topological polar surface area (TPSA) is 99.0 Å². The van der Waals surface area contributed by atoms with Crippen LogP contribution in [0.1, 0.15) is 27.9 Å². The molecule has 3 heterocycles. The molecule has 0 radical (unpaired) electrons. The first-order valence-corrected chi connectivity index (χ1v) is 11.6. The fourth-order valence-electron chi connectivity index (χ4n) is 4.40. The standard InChI is InChI=1S/C28H21F2N5O2/c29-28(30)14-21(15-31)35(17-28)26(36)16-34-27(37)22-9-11-33-25-8-6-19(13-23(22)25)4-3-18-5-7-24-20(12-18)2-1-10-32-24/h1-13,21H,14,16-17H2,(H,34,37)/b4-3+. The summed E-state index contributed by atoms with van der Waals surface area (Å²) >= 11 is 0. The number of carbonyl (C=O) groups excluding carboxylic acids is 2. The third-order valence-electron chi connectivity index (χ3n) is 6.24. The minimum absolute atomic E-state index is 0.299. The summed E-state index contributed by atoms with van der Waals surface area (Å²) in [6.45, 7) is -1.32. The van der Waals surface area contributed by atoms with Gasteiger partial charge in [0, 0.05) is 29.6 Å². The second-order valence-corrected chi connectivity index (χ2v) is 8.83. The van der Waals surface area contributed by atoms with Crippen LogP contribution in [0.5, 0.6) is 0 Å². The molecule has 1 unspecified atom stereocenters. The molecule has 1 fully saturated rings. The molecule has 1 atom stereocenters. The number of likely N-dealkylation sites (tertiary alicyclic amines) is 1. The Morgan fingerprint density at radius 2 is 1.78 bits per heavy atom. The van der Waals surface area contributed by atoms with Crippen LogP contribution in [0.4, 0.5) is 8.78 Å². The van der Waals surface area contributed by atoms with Gasteiger partial charge in [-0.2, -0.15) is 5.26 Å². The Morgan fingerprint density at radius 3 is 2.57 bits per heavy atom. The van der Waals surface area contributed by atoms with Gasteiger partial charge < -0.3 is 10.2 Å². The number of carbonyl (C=O) groups is 2. The van der Waals surface area contributed by atoms with Crippen LogP contribution >= 0.6 is 0 Å². The smallest absolute Gasteiger partial charge is 0.268 e. The summed E-state index contributed by atoms with van der Waals surface area (Å²) in [4.78, 5) is 34.8. The number of aromatic nitrogens is 2. The van der Waals surface area contributed by atoms with Crippen LogP contribution in [0.3, 0.4) is 0 Å². The van der Waals surface area contributed by atoms with Gasteiger partial charge in [-0.15, -0.1) is 0 Å². The highest BCUT2D eigenvalue weighted by molar-refractivity contribution is 6.07. The van der Waals surface area contributed by atoms with Gasteiger partial charge in [-0.3, -0.25) is 19.6 Å². The Kier molecular flexibility index (Phi) is 6.32. The second-order valence-electron chi connectivity index (χ2n) is 8.83. The Bertz CT molecular complexity index is 1590. The number of nitrogens with one attached hydrogen (secondary N) is 1. The molecule has 5 rings (SSSR count). The van der Waals surface area contributed by atoms with Crippen molar-refractivity contribution in [1.29, 1.82) is 5.26 Å². The normalized spacial score (nSPS) is 16.8. The summed E-state index contributed by atoms with van der Waals surface area (Å²) in [5.41, 5.74) is 3.64. The fraction of sp³-hybridized carbons (Fsp3) is 0.179. The van der Waals surface area contributed by atoms with Gasteiger partial charge in [0.1, 0.15) is 6.04 Å². The van der Waals surface area contributed by atoms with E-state index in [1.807, 2.05) is 54.6 Å². The van der Waals surface area contributed by atoms with Gasteiger partial charge in [-0.05, 0) is 47.5 Å². The molecule has 0 bridgehead atoms. The first-order valence-electron chi connectivity index (χ1n) is 11.6. The van der Waals surface area contributed by atoms with Crippen molar-refractivity contribution in [3.63, 3.8) is 0 Å². The molecule has 0 saturated carbocycles. The second kappa shape index (κ2) is 9.74. The van der Waals surface area contributed by atoms with E-state index in [4.69, 9.17) is 5.26 Å². The number of rotatable bonds is 5. The lowest BCUT2D eigenvalue weighted by Crippen LogP contribution is -2.43. The fourth-order valence-corrected chi connectivity index (χ4v) is 4.40. The summed E-state index contributed by atoms with van der Waals surface area (Å²) in [5.74, 6) is -4.39. The Hall–Kier alpha value is -4.71. The lowest BCUT2D eigenvalue weighted by molar-refractivity contribution is -0.131. The third kappa shape index (κ3) is 5.14. The van der Waals surface area contributed by atoms with Crippen molar-refractivity contribution < 1.29 is 18.4 Å². The Morgan fingerprint density at radius 1 is 1.05 bits per heavy atom. The molecule has 0 aliphatic carbocycles. The zero-order valence-corrected chi connectivity index (χ0v) is 19.6. The number of halogens is 2. The zero-order chi connectivity index (χ0) is 26.0. The molecule has 1 saturated heterocycles. The highest BCUT2D eigenvalue weighted by Gasteiger charge is 2.47. The molecule has 2 amide bonds. The van der Waals surface area contributed by atoms with Crippen LogP contribution in [0.15, 0.2) is 67.0 Å². The van der Waals surface area contributed by atoms with E-state index in [1.54, 1.807) is 18.3 Å². The lowest BCUT2D eigenvalue weighted by atomic mass is 10.0. The van der Waals surface area contributed by atoms with Crippen LogP contribution in [0.25, 0.3) is 34.0 Å². The molecule has 1 aliphatic rings. The van der Waals surface area contributed by atoms with Gasteiger partial charge in [0.15, 0.2) is 0 Å². The first-order chi connectivity index (χ1) is 17.8. The lowest BCUT2D eigenvalue weighted by Gasteiger charge is -2.19. The maximum atomic E-state index is 13.7. The Balaban J connectivity index is 1.33. The molecule has 1 aliphatic heterocycles. The number of fused-ring (bicyclic) bond motifs is 2. The largest absolute Gasteiger partial charge is 0.343 e. The zero-order valence-electron chi connectivity index (χ0n) is 19.6. The van der Waals surface area contributed by atoms with E-state index in [9.17, 15) is 18.4 Å². The summed E-state index contributed by atoms with van der Waals surface area (Å²) in [7, 11) is 0. The van der Waals surface area contributed by atoms with Crippen molar-refractivity contribution in [2.75, 3.05) is 13.1 Å². The summed E-state index contributed by atoms with van der Waals surface area (Å²) < 4.78 is 27.3. The molecule has 184 valence electrons. The van der Waals surface area contributed by atoms with E-state index in [1.165, 1.54) is 12.3 Å². The number of hydrogen-bond acceptors (Lipinski definition) is 5. The predicted octanol–water partition coefficient (Wildman–Crippen LogP) is 4.44. The summed E-state index contributed by atoms with van der Waals surface area (Å²) in [6, 6.07) is 17.4. The van der Waals surface area contributed by atoms with Gasteiger partial charge in [0.2, 0.25) is 5.91 Å². The van der Waals surface area contributed by atoms with E-state index in [2.05, 4.69) is 15.3 Å². The molecule has 7 nitrogen and oxygen atoms in total. The first kappa shape index (κ1) is 24.0. The molecule has 2 aromatic heterocycles. The summed E-state index contributed by atoms with van der Waals surface area (Å²) in [5, 5.41) is 13.2. The summed E-state index contributed by atoms with van der Waals surface area (Å²) in [6.07, 6.45) is 6.41. The minimum atomic E-state index is -3.12. The quantitative estimate of drug-likeness (QED) is 0.411. The SMILES string of the molecule is N#CC1CC(F)(F)CN1C(=O)CNC(=O)c1ccnc2ccc(/C=C/c3ccc4ncccc4c3)cc12. The highest BCUT2D eigenvalue weighted by atomic mass is 19.3. The third-order valence-corrected chi connectivity index (χ3v) is 6.24. The number of alkyl halides is 2. The van der Waals surface area contributed by atoms with Crippen molar-refractivity contribution in [1.82, 2.24) is 20.2 Å². The van der Waals surface area contributed by atoms with Gasteiger partial charge in [-0.25, -0.2) is 8.78 Å². The Labute approximate surface area is 211 Å². The van der Waals surface area contributed by atoms with Crippen molar-refractivity contribution in [3.8, 4) is 6.07 Å². The number of nitriles is 1. The molecule has 4 aromatic rings. The number of hydrogen-bond donors (Lipinski definition) is 1. The average Bonchev–Trinajstić information content (AvgIpc) is 3.24. The molecule has 1 N–H and O–H groups in total. The van der Waals surface area contributed by atoms with Crippen LogP contribution in [-0.4, -0.2) is 51.7 Å². The highest BCUT2D eigenvalue weighted by Crippen LogP contribution is 2.31. The minimum Gasteiger partial charge on any atom is -0.343 e. The average molecular weight is 498 g/mol. The molecular weight excluding hydrogens is 476 g/mol. The number of amides is 2. The maximum Gasteiger partial charge on any atom is 0.268 e. The molecule has 0 spiro atoms. The van der Waals surface area contributed by atoms with Gasteiger partial charge in [0.05, 0.1) is 35.8 Å². The van der Waals surface area contributed by atoms with E-state index in [0.29, 0.717) is 16.5 Å². The van der Waals surface area contributed by atoms with E-state index in [-0.39, 0.29) is 0 Å². The van der Waals surface area contributed by atoms with E-state index in [0.717, 1.165) is 26.9 Å². The van der Waals surface area contributed by atoms with Crippen molar-refractivity contribution in [2.45, 2.75) is 18.4 Å². The van der Waals surface area contributed by atoms with Crippen LogP contribution < -0.4 is 5.32 Å². The van der Waals surface area contributed by atoms with Gasteiger partial charge >= 0.3 is 0 Å². The number of pyridine rings is 2. The van der Waals surface area contributed by atoms with Crippen LogP contribution in [-0.2, 0) is 4.79 Å². The van der Waals surface area contributed by atoms with Crippen molar-refractivity contribution in [3.05, 3.63) is 83.7 Å². The van der Waals surface area contributed by atoms with Crippen LogP contribution in [0, 0.1) is 11.3 Å². The van der Waals surface area contributed by atoms with E-state index >= 15 is 0 Å². The predicted molar refractivity (Wildman–Crippen MR) is 135 cm³/mol. The van der Waals surface area contributed by atoms with Gasteiger partial charge in [0.25, 0.3) is 11.8 Å². The maximum absolute atomic E-state index is 13.7. The molecule has 37 heavy (non-hydrogen) atoms. The van der Waals surface area contributed by atoms with Gasteiger partial charge in [-0.1, -0.05) is 30.4 Å². The molecular formula is C28H21F2N5O2. The van der Waals surface area contributed by atoms with Crippen molar-refractivity contribution >= 4 is 45.8 Å². The molecule has 2 aromatic carbocycles. The van der Waals surface area contributed by atoms with E-state index < -0.39 is 43.3 Å². The van der Waals surface area contributed by atoms with Crippen LogP contribution in [0.2, 0.25) is 0 Å². The monoisotopic (exact) mass is 497 g/mol. The number of nitrogens with zero attached hydrogens (tertiary/aromatic N) is 4. The van der Waals surface area contributed by atoms with Crippen molar-refractivity contribution in [2.24, 2.45) is 0 Å². The molecule has 9 heteroatoms. The number of benzene rings is 2.